The van der Waals surface area contributed by atoms with Gasteiger partial charge in [-0.2, -0.15) is 10.2 Å². The standard InChI is InChI=1S/C24H25N7O2/c1-31-20(10-14-5-8-18-17(12-26-29-18)21(14)13-3-4-13)28-23(30-31)15-9-19(33-2)22(25-11-15)24(32)27-16-6-7-16/h5,8-9,11-13,16H,3-4,6-7,10H2,1-2H3,(H,26,29)(H,27,32). The quantitative estimate of drug-likeness (QED) is 0.454. The Kier molecular flexibility index (Phi) is 4.63. The van der Waals surface area contributed by atoms with Gasteiger partial charge in [0.2, 0.25) is 0 Å². The van der Waals surface area contributed by atoms with Gasteiger partial charge in [0, 0.05) is 36.7 Å². The molecule has 0 radical (unpaired) electrons. The number of nitrogens with one attached hydrogen (secondary N) is 2. The molecule has 0 bridgehead atoms. The Balaban J connectivity index is 1.30. The molecule has 6 rings (SSSR count). The molecule has 9 heteroatoms. The molecule has 33 heavy (non-hydrogen) atoms. The zero-order valence-corrected chi connectivity index (χ0v) is 18.6. The van der Waals surface area contributed by atoms with Gasteiger partial charge in [-0.25, -0.2) is 9.97 Å². The summed E-state index contributed by atoms with van der Waals surface area (Å²) in [5.74, 6) is 2.23. The van der Waals surface area contributed by atoms with Crippen molar-refractivity contribution in [1.82, 2.24) is 35.3 Å². The average Bonchev–Trinajstić information content (AvgIpc) is 3.74. The Hall–Kier alpha value is -3.75. The van der Waals surface area contributed by atoms with Crippen LogP contribution in [0.25, 0.3) is 22.3 Å². The number of carbonyl (C=O) groups excluding carboxylic acids is 1. The van der Waals surface area contributed by atoms with Gasteiger partial charge >= 0.3 is 0 Å². The molecule has 1 amide bonds. The lowest BCUT2D eigenvalue weighted by Crippen LogP contribution is -2.26. The zero-order chi connectivity index (χ0) is 22.5. The summed E-state index contributed by atoms with van der Waals surface area (Å²) in [5, 5.41) is 16.1. The van der Waals surface area contributed by atoms with Gasteiger partial charge in [-0.15, -0.1) is 0 Å². The highest BCUT2D eigenvalue weighted by atomic mass is 16.5. The van der Waals surface area contributed by atoms with E-state index < -0.39 is 0 Å². The second-order valence-corrected chi connectivity index (χ2v) is 8.92. The number of benzene rings is 1. The van der Waals surface area contributed by atoms with E-state index in [2.05, 4.69) is 37.7 Å². The minimum absolute atomic E-state index is 0.210. The fraction of sp³-hybridized carbons (Fsp3) is 0.375. The number of amides is 1. The van der Waals surface area contributed by atoms with E-state index in [9.17, 15) is 4.79 Å². The number of carbonyl (C=O) groups is 1. The third kappa shape index (κ3) is 3.73. The van der Waals surface area contributed by atoms with Crippen LogP contribution in [0.15, 0.2) is 30.6 Å². The fourth-order valence-electron chi connectivity index (χ4n) is 4.33. The number of pyridine rings is 1. The van der Waals surface area contributed by atoms with Gasteiger partial charge in [-0.05, 0) is 54.9 Å². The lowest BCUT2D eigenvalue weighted by atomic mass is 9.97. The maximum Gasteiger partial charge on any atom is 0.273 e. The van der Waals surface area contributed by atoms with E-state index in [1.165, 1.54) is 36.5 Å². The van der Waals surface area contributed by atoms with Crippen LogP contribution in [0.1, 0.15) is 59.0 Å². The number of ether oxygens (including phenoxy) is 1. The zero-order valence-electron chi connectivity index (χ0n) is 18.6. The lowest BCUT2D eigenvalue weighted by molar-refractivity contribution is 0.0942. The van der Waals surface area contributed by atoms with Crippen molar-refractivity contribution < 1.29 is 9.53 Å². The molecule has 0 aliphatic heterocycles. The minimum atomic E-state index is -0.210. The molecule has 0 spiro atoms. The van der Waals surface area contributed by atoms with Gasteiger partial charge < -0.3 is 10.1 Å². The van der Waals surface area contributed by atoms with E-state index in [-0.39, 0.29) is 17.6 Å². The Morgan fingerprint density at radius 1 is 1.24 bits per heavy atom. The first-order valence-corrected chi connectivity index (χ1v) is 11.3. The van der Waals surface area contributed by atoms with Crippen LogP contribution in [0.5, 0.6) is 5.75 Å². The first-order valence-electron chi connectivity index (χ1n) is 11.3. The number of rotatable bonds is 7. The van der Waals surface area contributed by atoms with E-state index in [0.717, 1.165) is 24.2 Å². The van der Waals surface area contributed by atoms with Gasteiger partial charge in [0.15, 0.2) is 17.3 Å². The van der Waals surface area contributed by atoms with Crippen LogP contribution in [0, 0.1) is 0 Å². The van der Waals surface area contributed by atoms with Crippen molar-refractivity contribution in [2.24, 2.45) is 7.05 Å². The Bertz CT molecular complexity index is 1360. The second kappa shape index (κ2) is 7.68. The molecule has 2 aliphatic rings. The molecule has 1 aromatic carbocycles. The summed E-state index contributed by atoms with van der Waals surface area (Å²) < 4.78 is 7.26. The summed E-state index contributed by atoms with van der Waals surface area (Å²) in [6, 6.07) is 6.29. The van der Waals surface area contributed by atoms with Gasteiger partial charge in [0.1, 0.15) is 5.82 Å². The summed E-state index contributed by atoms with van der Waals surface area (Å²) in [6.07, 6.45) is 8.71. The molecular weight excluding hydrogens is 418 g/mol. The first kappa shape index (κ1) is 19.9. The van der Waals surface area contributed by atoms with Crippen LogP contribution in [-0.2, 0) is 13.5 Å². The number of aromatic amines is 1. The van der Waals surface area contributed by atoms with Crippen LogP contribution in [-0.4, -0.2) is 49.0 Å². The van der Waals surface area contributed by atoms with Gasteiger partial charge in [-0.1, -0.05) is 6.07 Å². The van der Waals surface area contributed by atoms with Crippen molar-refractivity contribution in [1.29, 1.82) is 0 Å². The normalized spacial score (nSPS) is 15.7. The van der Waals surface area contributed by atoms with E-state index in [1.54, 1.807) is 12.3 Å². The van der Waals surface area contributed by atoms with E-state index in [4.69, 9.17) is 9.72 Å². The summed E-state index contributed by atoms with van der Waals surface area (Å²) in [6.45, 7) is 0. The van der Waals surface area contributed by atoms with E-state index >= 15 is 0 Å². The van der Waals surface area contributed by atoms with Crippen molar-refractivity contribution in [2.45, 2.75) is 44.1 Å². The molecule has 3 heterocycles. The highest BCUT2D eigenvalue weighted by molar-refractivity contribution is 5.95. The number of hydrogen-bond donors (Lipinski definition) is 2. The maximum absolute atomic E-state index is 12.5. The van der Waals surface area contributed by atoms with Crippen LogP contribution in [0.3, 0.4) is 0 Å². The number of aromatic nitrogens is 6. The van der Waals surface area contributed by atoms with Crippen LogP contribution in [0.4, 0.5) is 0 Å². The summed E-state index contributed by atoms with van der Waals surface area (Å²) in [7, 11) is 3.44. The molecule has 0 saturated heterocycles. The molecule has 2 N–H and O–H groups in total. The van der Waals surface area contributed by atoms with Gasteiger partial charge in [-0.3, -0.25) is 14.6 Å². The second-order valence-electron chi connectivity index (χ2n) is 8.92. The van der Waals surface area contributed by atoms with Crippen LogP contribution < -0.4 is 10.1 Å². The topological polar surface area (TPSA) is 111 Å². The third-order valence-electron chi connectivity index (χ3n) is 6.40. The van der Waals surface area contributed by atoms with Crippen molar-refractivity contribution in [3.63, 3.8) is 0 Å². The highest BCUT2D eigenvalue weighted by Gasteiger charge is 2.29. The first-order chi connectivity index (χ1) is 16.1. The van der Waals surface area contributed by atoms with Crippen molar-refractivity contribution >= 4 is 16.8 Å². The number of aryl methyl sites for hydroxylation is 1. The molecule has 3 aromatic heterocycles. The largest absolute Gasteiger partial charge is 0.494 e. The summed E-state index contributed by atoms with van der Waals surface area (Å²) >= 11 is 0. The number of methoxy groups -OCH3 is 1. The predicted molar refractivity (Wildman–Crippen MR) is 122 cm³/mol. The third-order valence-corrected chi connectivity index (χ3v) is 6.40. The number of nitrogens with zero attached hydrogens (tertiary/aromatic N) is 5. The molecular formula is C24H25N7O2. The van der Waals surface area contributed by atoms with E-state index in [0.29, 0.717) is 29.5 Å². The molecule has 0 unspecified atom stereocenters. The van der Waals surface area contributed by atoms with Crippen LogP contribution >= 0.6 is 0 Å². The van der Waals surface area contributed by atoms with Gasteiger partial charge in [0.05, 0.1) is 18.8 Å². The van der Waals surface area contributed by atoms with Crippen molar-refractivity contribution in [2.75, 3.05) is 7.11 Å². The Morgan fingerprint density at radius 3 is 2.85 bits per heavy atom. The fourth-order valence-corrected chi connectivity index (χ4v) is 4.33. The SMILES string of the molecule is COc1cc(-c2nc(Cc3ccc4[nH]ncc4c3C3CC3)n(C)n2)cnc1C(=O)NC1CC1. The molecule has 2 fully saturated rings. The molecule has 2 saturated carbocycles. The monoisotopic (exact) mass is 443 g/mol. The van der Waals surface area contributed by atoms with E-state index in [1.807, 2.05) is 17.9 Å². The predicted octanol–water partition coefficient (Wildman–Crippen LogP) is 3.12. The number of hydrogen-bond acceptors (Lipinski definition) is 6. The molecule has 4 aromatic rings. The number of fused-ring (bicyclic) bond motifs is 1. The van der Waals surface area contributed by atoms with Crippen molar-refractivity contribution in [3.05, 3.63) is 53.2 Å². The number of H-pyrrole nitrogens is 1. The molecule has 0 atom stereocenters. The molecule has 168 valence electrons. The van der Waals surface area contributed by atoms with Crippen molar-refractivity contribution in [3.8, 4) is 17.1 Å². The Morgan fingerprint density at radius 2 is 2.09 bits per heavy atom. The van der Waals surface area contributed by atoms with Crippen LogP contribution in [0.2, 0.25) is 0 Å². The maximum atomic E-state index is 12.5. The van der Waals surface area contributed by atoms with Gasteiger partial charge in [0.25, 0.3) is 5.91 Å². The molecule has 9 nitrogen and oxygen atoms in total. The highest BCUT2D eigenvalue weighted by Crippen LogP contribution is 2.45. The smallest absolute Gasteiger partial charge is 0.273 e. The lowest BCUT2D eigenvalue weighted by Gasteiger charge is -2.09. The summed E-state index contributed by atoms with van der Waals surface area (Å²) in [4.78, 5) is 21.6. The minimum Gasteiger partial charge on any atom is -0.494 e. The average molecular weight is 444 g/mol. The Labute approximate surface area is 190 Å². The molecule has 2 aliphatic carbocycles. The summed E-state index contributed by atoms with van der Waals surface area (Å²) in [5.41, 5.74) is 4.70.